The first-order chi connectivity index (χ1) is 7.98. The molecule has 1 amide bonds. The zero-order chi connectivity index (χ0) is 12.9. The van der Waals surface area contributed by atoms with E-state index in [9.17, 15) is 4.79 Å². The van der Waals surface area contributed by atoms with Gasteiger partial charge in [-0.3, -0.25) is 4.79 Å². The lowest BCUT2D eigenvalue weighted by Gasteiger charge is -2.23. The van der Waals surface area contributed by atoms with Gasteiger partial charge in [-0.25, -0.2) is 4.98 Å². The Bertz CT molecular complexity index is 377. The van der Waals surface area contributed by atoms with Crippen molar-refractivity contribution in [2.75, 3.05) is 12.4 Å². The molecule has 94 valence electrons. The van der Waals surface area contributed by atoms with Crippen molar-refractivity contribution in [3.63, 3.8) is 0 Å². The van der Waals surface area contributed by atoms with Gasteiger partial charge in [-0.2, -0.15) is 0 Å². The van der Waals surface area contributed by atoms with Crippen LogP contribution in [0.2, 0.25) is 0 Å². The molecule has 0 radical (unpaired) electrons. The maximum Gasteiger partial charge on any atom is 0.253 e. The maximum absolute atomic E-state index is 11.8. The van der Waals surface area contributed by atoms with E-state index in [-0.39, 0.29) is 12.5 Å². The first-order valence-corrected chi connectivity index (χ1v) is 6.49. The van der Waals surface area contributed by atoms with E-state index in [1.165, 1.54) is 0 Å². The smallest absolute Gasteiger partial charge is 0.253 e. The van der Waals surface area contributed by atoms with Gasteiger partial charge in [-0.15, -0.1) is 11.8 Å². The van der Waals surface area contributed by atoms with Gasteiger partial charge in [0.15, 0.2) is 0 Å². The van der Waals surface area contributed by atoms with Crippen LogP contribution in [0.15, 0.2) is 23.4 Å². The fourth-order valence-electron chi connectivity index (χ4n) is 1.17. The van der Waals surface area contributed by atoms with Crippen molar-refractivity contribution >= 4 is 17.7 Å². The van der Waals surface area contributed by atoms with Crippen molar-refractivity contribution in [3.05, 3.63) is 23.9 Å². The fraction of sp³-hybridized carbons (Fsp3) is 0.500. The van der Waals surface area contributed by atoms with E-state index in [1.54, 1.807) is 37.9 Å². The molecular formula is C12H18N2O2S. The summed E-state index contributed by atoms with van der Waals surface area (Å²) in [5.74, 6) is 0.736. The highest BCUT2D eigenvalue weighted by Crippen LogP contribution is 2.14. The number of amides is 1. The topological polar surface area (TPSA) is 62.2 Å². The highest BCUT2D eigenvalue weighted by atomic mass is 32.2. The Morgan fingerprint density at radius 1 is 1.53 bits per heavy atom. The second-order valence-corrected chi connectivity index (χ2v) is 5.60. The van der Waals surface area contributed by atoms with Gasteiger partial charge in [-0.1, -0.05) is 6.92 Å². The lowest BCUT2D eigenvalue weighted by molar-refractivity contribution is 0.0869. The molecule has 1 heterocycles. The zero-order valence-electron chi connectivity index (χ0n) is 10.4. The van der Waals surface area contributed by atoms with Gasteiger partial charge in [-0.05, 0) is 31.7 Å². The average Bonchev–Trinajstić information content (AvgIpc) is 2.30. The zero-order valence-corrected chi connectivity index (χ0v) is 11.2. The molecule has 0 atom stereocenters. The van der Waals surface area contributed by atoms with E-state index in [2.05, 4.69) is 17.2 Å². The first-order valence-electron chi connectivity index (χ1n) is 5.50. The number of aliphatic hydroxyl groups is 1. The molecule has 0 aliphatic heterocycles. The Hall–Kier alpha value is -1.07. The Balaban J connectivity index is 2.70. The van der Waals surface area contributed by atoms with E-state index in [1.807, 2.05) is 6.07 Å². The summed E-state index contributed by atoms with van der Waals surface area (Å²) in [6, 6.07) is 3.57. The molecular weight excluding hydrogens is 236 g/mol. The highest BCUT2D eigenvalue weighted by Gasteiger charge is 2.19. The van der Waals surface area contributed by atoms with Crippen LogP contribution >= 0.6 is 11.8 Å². The molecule has 1 aromatic heterocycles. The van der Waals surface area contributed by atoms with Crippen LogP contribution in [0.1, 0.15) is 31.1 Å². The number of hydrogen-bond donors (Lipinski definition) is 2. The Morgan fingerprint density at radius 2 is 2.24 bits per heavy atom. The van der Waals surface area contributed by atoms with Crippen LogP contribution in [0, 0.1) is 0 Å². The van der Waals surface area contributed by atoms with Crippen LogP contribution in [-0.2, 0) is 0 Å². The molecule has 5 heteroatoms. The molecule has 0 aliphatic rings. The monoisotopic (exact) mass is 254 g/mol. The largest absolute Gasteiger partial charge is 0.394 e. The summed E-state index contributed by atoms with van der Waals surface area (Å²) in [6.45, 7) is 5.48. The molecule has 4 nitrogen and oxygen atoms in total. The Morgan fingerprint density at radius 3 is 2.71 bits per heavy atom. The summed E-state index contributed by atoms with van der Waals surface area (Å²) in [4.78, 5) is 16.0. The van der Waals surface area contributed by atoms with Crippen LogP contribution in [0.4, 0.5) is 0 Å². The summed E-state index contributed by atoms with van der Waals surface area (Å²) < 4.78 is 0. The second kappa shape index (κ2) is 6.02. The van der Waals surface area contributed by atoms with Gasteiger partial charge in [0.2, 0.25) is 0 Å². The van der Waals surface area contributed by atoms with Gasteiger partial charge in [0.25, 0.3) is 5.91 Å². The Labute approximate surface area is 106 Å². The van der Waals surface area contributed by atoms with E-state index >= 15 is 0 Å². The van der Waals surface area contributed by atoms with Crippen molar-refractivity contribution < 1.29 is 9.90 Å². The van der Waals surface area contributed by atoms with E-state index in [4.69, 9.17) is 5.11 Å². The average molecular weight is 254 g/mol. The number of nitrogens with one attached hydrogen (secondary N) is 1. The van der Waals surface area contributed by atoms with E-state index < -0.39 is 5.54 Å². The van der Waals surface area contributed by atoms with Crippen LogP contribution in [-0.4, -0.2) is 33.9 Å². The van der Waals surface area contributed by atoms with Gasteiger partial charge < -0.3 is 10.4 Å². The molecule has 0 spiro atoms. The molecule has 0 aliphatic carbocycles. The molecule has 0 aromatic carbocycles. The molecule has 0 saturated carbocycles. The number of nitrogens with zero attached hydrogens (tertiary/aromatic N) is 1. The number of aliphatic hydroxyl groups excluding tert-OH is 1. The normalized spacial score (nSPS) is 11.3. The molecule has 0 fully saturated rings. The van der Waals surface area contributed by atoms with Crippen LogP contribution in [0.5, 0.6) is 0 Å². The van der Waals surface area contributed by atoms with E-state index in [0.29, 0.717) is 5.56 Å². The SMILES string of the molecule is CCSc1ccc(C(=O)NC(C)(C)CO)cn1. The van der Waals surface area contributed by atoms with Crippen LogP contribution in [0.25, 0.3) is 0 Å². The number of thioether (sulfide) groups is 1. The highest BCUT2D eigenvalue weighted by molar-refractivity contribution is 7.99. The van der Waals surface area contributed by atoms with Crippen molar-refractivity contribution in [1.82, 2.24) is 10.3 Å². The van der Waals surface area contributed by atoms with Crippen molar-refractivity contribution in [1.29, 1.82) is 0 Å². The standard InChI is InChI=1S/C12H18N2O2S/c1-4-17-10-6-5-9(7-13-10)11(16)14-12(2,3)8-15/h5-7,15H,4,8H2,1-3H3,(H,14,16). The number of aromatic nitrogens is 1. The van der Waals surface area contributed by atoms with Gasteiger partial charge in [0.1, 0.15) is 0 Å². The lowest BCUT2D eigenvalue weighted by Crippen LogP contribution is -2.46. The number of carbonyl (C=O) groups is 1. The third-order valence-corrected chi connectivity index (χ3v) is 2.96. The predicted octanol–water partition coefficient (Wildman–Crippen LogP) is 1.69. The van der Waals surface area contributed by atoms with Crippen LogP contribution in [0.3, 0.4) is 0 Å². The third kappa shape index (κ3) is 4.36. The maximum atomic E-state index is 11.8. The molecule has 17 heavy (non-hydrogen) atoms. The fourth-order valence-corrected chi connectivity index (χ4v) is 1.75. The molecule has 0 saturated heterocycles. The van der Waals surface area contributed by atoms with Crippen LogP contribution < -0.4 is 5.32 Å². The molecule has 2 N–H and O–H groups in total. The van der Waals surface area contributed by atoms with Gasteiger partial charge >= 0.3 is 0 Å². The molecule has 0 bridgehead atoms. The molecule has 1 rings (SSSR count). The minimum Gasteiger partial charge on any atom is -0.394 e. The first kappa shape index (κ1) is 14.0. The minimum absolute atomic E-state index is 0.101. The quantitative estimate of drug-likeness (QED) is 0.785. The summed E-state index contributed by atoms with van der Waals surface area (Å²) in [7, 11) is 0. The number of pyridine rings is 1. The number of hydrogen-bond acceptors (Lipinski definition) is 4. The third-order valence-electron chi connectivity index (χ3n) is 2.14. The van der Waals surface area contributed by atoms with Gasteiger partial charge in [0, 0.05) is 6.20 Å². The summed E-state index contributed by atoms with van der Waals surface area (Å²) in [5, 5.41) is 12.7. The lowest BCUT2D eigenvalue weighted by atomic mass is 10.1. The van der Waals surface area contributed by atoms with Crippen molar-refractivity contribution in [2.24, 2.45) is 0 Å². The Kier molecular flexibility index (Phi) is 4.96. The van der Waals surface area contributed by atoms with Gasteiger partial charge in [0.05, 0.1) is 22.7 Å². The summed E-state index contributed by atoms with van der Waals surface area (Å²) in [5.41, 5.74) is -0.111. The minimum atomic E-state index is -0.617. The van der Waals surface area contributed by atoms with E-state index in [0.717, 1.165) is 10.8 Å². The molecule has 0 unspecified atom stereocenters. The molecule has 1 aromatic rings. The summed E-state index contributed by atoms with van der Waals surface area (Å²) >= 11 is 1.63. The van der Waals surface area contributed by atoms with Crippen molar-refractivity contribution in [2.45, 2.75) is 31.3 Å². The predicted molar refractivity (Wildman–Crippen MR) is 69.3 cm³/mol. The second-order valence-electron chi connectivity index (χ2n) is 4.31. The number of carbonyl (C=O) groups excluding carboxylic acids is 1. The van der Waals surface area contributed by atoms with Crippen molar-refractivity contribution in [3.8, 4) is 0 Å². The summed E-state index contributed by atoms with van der Waals surface area (Å²) in [6.07, 6.45) is 1.56. The number of rotatable bonds is 5.